The average Bonchev–Trinajstić information content (AvgIpc) is 2.56. The molecule has 0 saturated carbocycles. The van der Waals surface area contributed by atoms with Crippen molar-refractivity contribution in [1.29, 1.82) is 0 Å². The standard InChI is InChI=1S/C18H21ClN2O3/c1-12-6-4-5-7-16(12)24-9-8-20-18(22)21-15-10-13(2)14(19)11-17(15)23-3/h4-7,10-11H,8-9H2,1-3H3,(H2,20,21,22). The monoisotopic (exact) mass is 348 g/mol. The van der Waals surface area contributed by atoms with Gasteiger partial charge in [0.15, 0.2) is 0 Å². The lowest BCUT2D eigenvalue weighted by molar-refractivity contribution is 0.247. The van der Waals surface area contributed by atoms with E-state index in [-0.39, 0.29) is 6.03 Å². The van der Waals surface area contributed by atoms with Crippen molar-refractivity contribution in [2.45, 2.75) is 13.8 Å². The van der Waals surface area contributed by atoms with E-state index in [9.17, 15) is 4.79 Å². The van der Waals surface area contributed by atoms with Crippen LogP contribution in [0.5, 0.6) is 11.5 Å². The molecule has 0 saturated heterocycles. The molecule has 2 rings (SSSR count). The molecule has 0 aromatic heterocycles. The molecule has 2 N–H and O–H groups in total. The summed E-state index contributed by atoms with van der Waals surface area (Å²) in [6.45, 7) is 4.61. The van der Waals surface area contributed by atoms with Crippen LogP contribution in [0.4, 0.5) is 10.5 Å². The van der Waals surface area contributed by atoms with Crippen LogP contribution in [-0.2, 0) is 0 Å². The Hall–Kier alpha value is -2.40. The lowest BCUT2D eigenvalue weighted by atomic mass is 10.2. The van der Waals surface area contributed by atoms with E-state index < -0.39 is 0 Å². The number of benzene rings is 2. The second kappa shape index (κ2) is 8.45. The van der Waals surface area contributed by atoms with Gasteiger partial charge in [-0.1, -0.05) is 29.8 Å². The summed E-state index contributed by atoms with van der Waals surface area (Å²) in [6, 6.07) is 10.9. The molecule has 0 heterocycles. The fraction of sp³-hybridized carbons (Fsp3) is 0.278. The number of carbonyl (C=O) groups excluding carboxylic acids is 1. The van der Waals surface area contributed by atoms with Crippen LogP contribution >= 0.6 is 11.6 Å². The molecule has 24 heavy (non-hydrogen) atoms. The first kappa shape index (κ1) is 17.9. The maximum atomic E-state index is 12.0. The molecule has 0 unspecified atom stereocenters. The Morgan fingerprint density at radius 2 is 1.88 bits per heavy atom. The number of ether oxygens (including phenoxy) is 2. The summed E-state index contributed by atoms with van der Waals surface area (Å²) in [4.78, 5) is 12.0. The summed E-state index contributed by atoms with van der Waals surface area (Å²) in [7, 11) is 1.53. The Balaban J connectivity index is 1.84. The first-order valence-electron chi connectivity index (χ1n) is 7.58. The minimum absolute atomic E-state index is 0.330. The number of carbonyl (C=O) groups is 1. The number of nitrogens with one attached hydrogen (secondary N) is 2. The van der Waals surface area contributed by atoms with Crippen LogP contribution in [0.1, 0.15) is 11.1 Å². The van der Waals surface area contributed by atoms with Crippen LogP contribution in [0, 0.1) is 13.8 Å². The molecule has 5 nitrogen and oxygen atoms in total. The average molecular weight is 349 g/mol. The number of hydrogen-bond donors (Lipinski definition) is 2. The van der Waals surface area contributed by atoms with Crippen molar-refractivity contribution in [1.82, 2.24) is 5.32 Å². The summed E-state index contributed by atoms with van der Waals surface area (Å²) >= 11 is 6.05. The van der Waals surface area contributed by atoms with Crippen LogP contribution in [0.15, 0.2) is 36.4 Å². The van der Waals surface area contributed by atoms with Gasteiger partial charge in [0.1, 0.15) is 18.1 Å². The Bertz CT molecular complexity index is 719. The second-order valence-electron chi connectivity index (χ2n) is 5.30. The lowest BCUT2D eigenvalue weighted by Gasteiger charge is -2.13. The van der Waals surface area contributed by atoms with Gasteiger partial charge in [0.25, 0.3) is 0 Å². The van der Waals surface area contributed by atoms with Crippen LogP contribution < -0.4 is 20.1 Å². The third kappa shape index (κ3) is 4.80. The van der Waals surface area contributed by atoms with E-state index in [4.69, 9.17) is 21.1 Å². The minimum Gasteiger partial charge on any atom is -0.495 e. The Kier molecular flexibility index (Phi) is 6.32. The van der Waals surface area contributed by atoms with E-state index in [0.29, 0.717) is 29.6 Å². The maximum Gasteiger partial charge on any atom is 0.319 e. The molecule has 0 aliphatic heterocycles. The van der Waals surface area contributed by atoms with Gasteiger partial charge in [-0.15, -0.1) is 0 Å². The minimum atomic E-state index is -0.330. The Labute approximate surface area is 146 Å². The molecule has 128 valence electrons. The first-order valence-corrected chi connectivity index (χ1v) is 7.96. The molecule has 0 radical (unpaired) electrons. The number of hydrogen-bond acceptors (Lipinski definition) is 3. The summed E-state index contributed by atoms with van der Waals surface area (Å²) in [5.41, 5.74) is 2.48. The van der Waals surface area contributed by atoms with Crippen molar-refractivity contribution in [3.05, 3.63) is 52.5 Å². The number of aryl methyl sites for hydroxylation is 2. The number of halogens is 1. The van der Waals surface area contributed by atoms with Gasteiger partial charge in [0, 0.05) is 11.1 Å². The third-order valence-corrected chi connectivity index (χ3v) is 3.87. The van der Waals surface area contributed by atoms with Crippen LogP contribution in [0.2, 0.25) is 5.02 Å². The van der Waals surface area contributed by atoms with Crippen molar-refractivity contribution in [3.63, 3.8) is 0 Å². The molecular weight excluding hydrogens is 328 g/mol. The molecule has 2 aromatic rings. The molecule has 0 aliphatic rings. The first-order chi connectivity index (χ1) is 11.5. The normalized spacial score (nSPS) is 10.2. The molecule has 6 heteroatoms. The number of rotatable bonds is 6. The van der Waals surface area contributed by atoms with Gasteiger partial charge >= 0.3 is 6.03 Å². The Morgan fingerprint density at radius 1 is 1.12 bits per heavy atom. The van der Waals surface area contributed by atoms with Crippen molar-refractivity contribution in [2.75, 3.05) is 25.6 Å². The van der Waals surface area contributed by atoms with E-state index in [1.165, 1.54) is 7.11 Å². The number of anilines is 1. The highest BCUT2D eigenvalue weighted by Crippen LogP contribution is 2.30. The fourth-order valence-corrected chi connectivity index (χ4v) is 2.29. The summed E-state index contributed by atoms with van der Waals surface area (Å²) in [6.07, 6.45) is 0. The molecule has 2 aromatic carbocycles. The van der Waals surface area contributed by atoms with Crippen molar-refractivity contribution < 1.29 is 14.3 Å². The largest absolute Gasteiger partial charge is 0.495 e. The van der Waals surface area contributed by atoms with E-state index in [1.54, 1.807) is 12.1 Å². The van der Waals surface area contributed by atoms with Crippen molar-refractivity contribution >= 4 is 23.3 Å². The molecule has 2 amide bonds. The molecule has 0 atom stereocenters. The van der Waals surface area contributed by atoms with Crippen molar-refractivity contribution in [3.8, 4) is 11.5 Å². The van der Waals surface area contributed by atoms with Crippen LogP contribution in [-0.4, -0.2) is 26.3 Å². The van der Waals surface area contributed by atoms with Gasteiger partial charge in [-0.05, 0) is 37.1 Å². The van der Waals surface area contributed by atoms with Crippen molar-refractivity contribution in [2.24, 2.45) is 0 Å². The number of para-hydroxylation sites is 1. The van der Waals surface area contributed by atoms with Gasteiger partial charge in [-0.2, -0.15) is 0 Å². The Morgan fingerprint density at radius 3 is 2.58 bits per heavy atom. The topological polar surface area (TPSA) is 59.6 Å². The number of methoxy groups -OCH3 is 1. The predicted molar refractivity (Wildman–Crippen MR) is 96.4 cm³/mol. The molecule has 0 aliphatic carbocycles. The van der Waals surface area contributed by atoms with Crippen LogP contribution in [0.3, 0.4) is 0 Å². The van der Waals surface area contributed by atoms with E-state index in [1.807, 2.05) is 38.1 Å². The third-order valence-electron chi connectivity index (χ3n) is 3.47. The zero-order valence-electron chi connectivity index (χ0n) is 14.0. The van der Waals surface area contributed by atoms with Gasteiger partial charge in [0.05, 0.1) is 19.3 Å². The highest BCUT2D eigenvalue weighted by molar-refractivity contribution is 6.31. The number of urea groups is 1. The number of amides is 2. The highest BCUT2D eigenvalue weighted by Gasteiger charge is 2.10. The molecule has 0 spiro atoms. The highest BCUT2D eigenvalue weighted by atomic mass is 35.5. The quantitative estimate of drug-likeness (QED) is 0.770. The summed E-state index contributed by atoms with van der Waals surface area (Å²) < 4.78 is 10.9. The zero-order chi connectivity index (χ0) is 17.5. The molecular formula is C18H21ClN2O3. The zero-order valence-corrected chi connectivity index (χ0v) is 14.7. The van der Waals surface area contributed by atoms with E-state index in [2.05, 4.69) is 10.6 Å². The predicted octanol–water partition coefficient (Wildman–Crippen LogP) is 4.17. The fourth-order valence-electron chi connectivity index (χ4n) is 2.14. The van der Waals surface area contributed by atoms with Gasteiger partial charge in [-0.3, -0.25) is 0 Å². The van der Waals surface area contributed by atoms with Gasteiger partial charge in [0.2, 0.25) is 0 Å². The van der Waals surface area contributed by atoms with E-state index in [0.717, 1.165) is 16.9 Å². The van der Waals surface area contributed by atoms with E-state index >= 15 is 0 Å². The maximum absolute atomic E-state index is 12.0. The van der Waals surface area contributed by atoms with Crippen LogP contribution in [0.25, 0.3) is 0 Å². The lowest BCUT2D eigenvalue weighted by Crippen LogP contribution is -2.32. The SMILES string of the molecule is COc1cc(Cl)c(C)cc1NC(=O)NCCOc1ccccc1C. The van der Waals surface area contributed by atoms with Gasteiger partial charge in [-0.25, -0.2) is 4.79 Å². The smallest absolute Gasteiger partial charge is 0.319 e. The second-order valence-corrected chi connectivity index (χ2v) is 5.70. The molecule has 0 fully saturated rings. The summed E-state index contributed by atoms with van der Waals surface area (Å²) in [5, 5.41) is 6.08. The molecule has 0 bridgehead atoms. The summed E-state index contributed by atoms with van der Waals surface area (Å²) in [5.74, 6) is 1.33. The van der Waals surface area contributed by atoms with Gasteiger partial charge < -0.3 is 20.1 Å².